The van der Waals surface area contributed by atoms with E-state index in [1.807, 2.05) is 0 Å². The predicted molar refractivity (Wildman–Crippen MR) is 113 cm³/mol. The van der Waals surface area contributed by atoms with Crippen LogP contribution in [0.4, 0.5) is 11.4 Å². The van der Waals surface area contributed by atoms with E-state index in [-0.39, 0.29) is 33.4 Å². The lowest BCUT2D eigenvalue weighted by molar-refractivity contribution is -0.123. The number of aryl methyl sites for hydroxylation is 1. The molecule has 0 unspecified atom stereocenters. The molecule has 10 heteroatoms. The van der Waals surface area contributed by atoms with Gasteiger partial charge >= 0.3 is 0 Å². The Labute approximate surface area is 176 Å². The summed E-state index contributed by atoms with van der Waals surface area (Å²) in [7, 11) is -7.80. The molecule has 2 aromatic carbocycles. The number of hydrogen-bond acceptors (Lipinski definition) is 6. The zero-order valence-corrected chi connectivity index (χ0v) is 18.6. The van der Waals surface area contributed by atoms with Gasteiger partial charge in [-0.3, -0.25) is 14.3 Å². The molecule has 8 nitrogen and oxygen atoms in total. The van der Waals surface area contributed by atoms with Gasteiger partial charge in [0.1, 0.15) is 0 Å². The van der Waals surface area contributed by atoms with E-state index in [4.69, 9.17) is 0 Å². The minimum atomic E-state index is -3.97. The lowest BCUT2D eigenvalue weighted by Gasteiger charge is -2.19. The maximum atomic E-state index is 12.8. The molecule has 1 aliphatic heterocycles. The second-order valence-corrected chi connectivity index (χ2v) is 11.4. The van der Waals surface area contributed by atoms with Gasteiger partial charge < -0.3 is 0 Å². The number of ketones is 1. The van der Waals surface area contributed by atoms with Crippen molar-refractivity contribution in [2.45, 2.75) is 32.6 Å². The lowest BCUT2D eigenvalue weighted by atomic mass is 9.95. The van der Waals surface area contributed by atoms with E-state index in [0.717, 1.165) is 4.31 Å². The number of sulfonamides is 2. The number of carbonyl (C=O) groups excluding carboxylic acids is 2. The molecule has 1 saturated heterocycles. The van der Waals surface area contributed by atoms with Crippen LogP contribution in [0, 0.1) is 12.3 Å². The molecule has 1 aliphatic rings. The minimum Gasteiger partial charge on any atom is -0.295 e. The Kier molecular flexibility index (Phi) is 5.28. The summed E-state index contributed by atoms with van der Waals surface area (Å²) in [5.74, 6) is -0.998. The van der Waals surface area contributed by atoms with Gasteiger partial charge in [-0.2, -0.15) is 0 Å². The Balaban J connectivity index is 1.93. The van der Waals surface area contributed by atoms with Gasteiger partial charge in [0.15, 0.2) is 5.78 Å². The summed E-state index contributed by atoms with van der Waals surface area (Å²) in [6, 6.07) is 9.93. The average Bonchev–Trinajstić information content (AvgIpc) is 2.77. The van der Waals surface area contributed by atoms with Crippen molar-refractivity contribution in [2.24, 2.45) is 5.41 Å². The molecule has 0 atom stereocenters. The van der Waals surface area contributed by atoms with Crippen molar-refractivity contribution in [3.63, 3.8) is 0 Å². The average molecular weight is 451 g/mol. The van der Waals surface area contributed by atoms with E-state index in [9.17, 15) is 26.4 Å². The zero-order valence-electron chi connectivity index (χ0n) is 17.0. The highest BCUT2D eigenvalue weighted by atomic mass is 32.2. The van der Waals surface area contributed by atoms with Gasteiger partial charge in [0.05, 0.1) is 21.8 Å². The summed E-state index contributed by atoms with van der Waals surface area (Å²) < 4.78 is 53.7. The summed E-state index contributed by atoms with van der Waals surface area (Å²) >= 11 is 0. The van der Waals surface area contributed by atoms with Gasteiger partial charge in [-0.25, -0.2) is 21.1 Å². The first-order valence-corrected chi connectivity index (χ1v) is 12.2. The van der Waals surface area contributed by atoms with Crippen LogP contribution in [0.15, 0.2) is 47.4 Å². The van der Waals surface area contributed by atoms with Crippen molar-refractivity contribution in [1.82, 2.24) is 0 Å². The highest BCUT2D eigenvalue weighted by Gasteiger charge is 2.50. The van der Waals surface area contributed by atoms with Crippen molar-refractivity contribution < 1.29 is 26.4 Å². The molecule has 0 aromatic heterocycles. The van der Waals surface area contributed by atoms with Crippen LogP contribution in [0.2, 0.25) is 0 Å². The maximum absolute atomic E-state index is 12.8. The number of carbonyl (C=O) groups is 2. The number of nitrogens with one attached hydrogen (secondary N) is 1. The number of anilines is 2. The molecule has 160 valence electrons. The Morgan fingerprint density at radius 3 is 2.17 bits per heavy atom. The molecule has 0 bridgehead atoms. The van der Waals surface area contributed by atoms with E-state index in [0.29, 0.717) is 5.56 Å². The second kappa shape index (κ2) is 7.21. The standard InChI is InChI=1S/C20H22N2O6S2/c1-13-11-17(22-19(24)20(3,4)12-29(22,25)26)9-10-18(13)30(27,28)21-16-7-5-15(6-8-16)14(2)23/h5-11,21H,12H2,1-4H3. The van der Waals surface area contributed by atoms with Crippen molar-refractivity contribution >= 4 is 43.1 Å². The van der Waals surface area contributed by atoms with Crippen molar-refractivity contribution in [2.75, 3.05) is 14.8 Å². The van der Waals surface area contributed by atoms with E-state index < -0.39 is 31.4 Å². The number of amides is 1. The van der Waals surface area contributed by atoms with Gasteiger partial charge in [-0.05, 0) is 75.7 Å². The molecule has 2 aromatic rings. The molecule has 0 aliphatic carbocycles. The third-order valence-electron chi connectivity index (χ3n) is 4.81. The lowest BCUT2D eigenvalue weighted by Crippen LogP contribution is -2.33. The fraction of sp³-hybridized carbons (Fsp3) is 0.300. The largest absolute Gasteiger partial charge is 0.295 e. The third kappa shape index (κ3) is 3.97. The molecule has 1 amide bonds. The summed E-state index contributed by atoms with van der Waals surface area (Å²) in [5.41, 5.74) is 0.0757. The number of nitrogens with zero attached hydrogens (tertiary/aromatic N) is 1. The SMILES string of the molecule is CC(=O)c1ccc(NS(=O)(=O)c2ccc(N3C(=O)C(C)(C)CS3(=O)=O)cc2C)cc1. The van der Waals surface area contributed by atoms with Crippen LogP contribution in [0.3, 0.4) is 0 Å². The Morgan fingerprint density at radius 2 is 1.70 bits per heavy atom. The molecule has 1 N–H and O–H groups in total. The number of Topliss-reactive ketones (excluding diaryl/α,β-unsaturated/α-hetero) is 1. The Bertz CT molecular complexity index is 1250. The number of rotatable bonds is 5. The second-order valence-electron chi connectivity index (χ2n) is 7.90. The molecular weight excluding hydrogens is 428 g/mol. The topological polar surface area (TPSA) is 118 Å². The van der Waals surface area contributed by atoms with Crippen LogP contribution in [0.25, 0.3) is 0 Å². The molecular formula is C20H22N2O6S2. The molecule has 3 rings (SSSR count). The van der Waals surface area contributed by atoms with Gasteiger partial charge in [0.25, 0.3) is 10.0 Å². The monoisotopic (exact) mass is 450 g/mol. The van der Waals surface area contributed by atoms with Crippen LogP contribution in [-0.4, -0.2) is 34.3 Å². The van der Waals surface area contributed by atoms with E-state index in [1.165, 1.54) is 56.3 Å². The first-order chi connectivity index (χ1) is 13.7. The first kappa shape index (κ1) is 22.0. The highest BCUT2D eigenvalue weighted by molar-refractivity contribution is 7.94. The number of hydrogen-bond donors (Lipinski definition) is 1. The quantitative estimate of drug-likeness (QED) is 0.700. The van der Waals surface area contributed by atoms with E-state index in [1.54, 1.807) is 13.8 Å². The minimum absolute atomic E-state index is 0.0507. The van der Waals surface area contributed by atoms with Crippen LogP contribution in [0.5, 0.6) is 0 Å². The van der Waals surface area contributed by atoms with Gasteiger partial charge in [-0.15, -0.1) is 0 Å². The molecule has 1 fully saturated rings. The Morgan fingerprint density at radius 1 is 1.10 bits per heavy atom. The van der Waals surface area contributed by atoms with Gasteiger partial charge in [-0.1, -0.05) is 0 Å². The first-order valence-electron chi connectivity index (χ1n) is 9.06. The molecule has 0 saturated carbocycles. The Hall–Kier alpha value is -2.72. The number of benzene rings is 2. The molecule has 30 heavy (non-hydrogen) atoms. The molecule has 1 heterocycles. The maximum Gasteiger partial charge on any atom is 0.262 e. The highest BCUT2D eigenvalue weighted by Crippen LogP contribution is 2.36. The van der Waals surface area contributed by atoms with E-state index >= 15 is 0 Å². The molecule has 0 radical (unpaired) electrons. The fourth-order valence-corrected chi connectivity index (χ4v) is 6.69. The van der Waals surface area contributed by atoms with Gasteiger partial charge in [0, 0.05) is 11.3 Å². The summed E-state index contributed by atoms with van der Waals surface area (Å²) in [6.07, 6.45) is 0. The van der Waals surface area contributed by atoms with Crippen LogP contribution in [0.1, 0.15) is 36.7 Å². The normalized spacial score (nSPS) is 17.7. The third-order valence-corrected chi connectivity index (χ3v) is 8.37. The van der Waals surface area contributed by atoms with E-state index in [2.05, 4.69) is 4.72 Å². The van der Waals surface area contributed by atoms with Crippen molar-refractivity contribution in [1.29, 1.82) is 0 Å². The predicted octanol–water partition coefficient (Wildman–Crippen LogP) is 2.70. The zero-order chi connectivity index (χ0) is 22.5. The van der Waals surface area contributed by atoms with Crippen LogP contribution in [-0.2, 0) is 24.8 Å². The van der Waals surface area contributed by atoms with Crippen molar-refractivity contribution in [3.05, 3.63) is 53.6 Å². The molecule has 0 spiro atoms. The smallest absolute Gasteiger partial charge is 0.262 e. The van der Waals surface area contributed by atoms with Crippen molar-refractivity contribution in [3.8, 4) is 0 Å². The summed E-state index contributed by atoms with van der Waals surface area (Å²) in [6.45, 7) is 6.05. The van der Waals surface area contributed by atoms with Crippen LogP contribution < -0.4 is 9.03 Å². The van der Waals surface area contributed by atoms with Gasteiger partial charge in [0.2, 0.25) is 15.9 Å². The summed E-state index contributed by atoms with van der Waals surface area (Å²) in [5, 5.41) is 0. The van der Waals surface area contributed by atoms with Crippen LogP contribution >= 0.6 is 0 Å². The summed E-state index contributed by atoms with van der Waals surface area (Å²) in [4.78, 5) is 23.8. The fourth-order valence-electron chi connectivity index (χ4n) is 3.31.